The number of hydrogen-bond donors (Lipinski definition) is 2. The van der Waals surface area contributed by atoms with E-state index in [9.17, 15) is 23.6 Å². The summed E-state index contributed by atoms with van der Waals surface area (Å²) in [5, 5.41) is 3.41. The summed E-state index contributed by atoms with van der Waals surface area (Å²) >= 11 is 0. The Hall–Kier alpha value is -2.97. The lowest BCUT2D eigenvalue weighted by Gasteiger charge is -2.33. The third kappa shape index (κ3) is 3.96. The van der Waals surface area contributed by atoms with E-state index in [-0.39, 0.29) is 0 Å². The number of ether oxygens (including phenoxy) is 1. The van der Waals surface area contributed by atoms with E-state index in [1.807, 2.05) is 0 Å². The van der Waals surface area contributed by atoms with Gasteiger partial charge in [0.2, 0.25) is 0 Å². The molecule has 1 aromatic rings. The predicted molar refractivity (Wildman–Crippen MR) is 111 cm³/mol. The van der Waals surface area contributed by atoms with Gasteiger partial charge in [-0.1, -0.05) is 31.9 Å². The Bertz CT molecular complexity index is 918. The van der Waals surface area contributed by atoms with Crippen molar-refractivity contribution in [2.45, 2.75) is 69.2 Å². The Balaban J connectivity index is 1.37. The van der Waals surface area contributed by atoms with Crippen LogP contribution in [0.15, 0.2) is 24.3 Å². The van der Waals surface area contributed by atoms with Gasteiger partial charge in [0, 0.05) is 0 Å². The molecule has 2 aliphatic carbocycles. The molecule has 9 heteroatoms. The minimum absolute atomic E-state index is 0.395. The Morgan fingerprint density at radius 2 is 1.75 bits per heavy atom. The Morgan fingerprint density at radius 1 is 1.12 bits per heavy atom. The van der Waals surface area contributed by atoms with Gasteiger partial charge in [-0.25, -0.2) is 9.18 Å². The number of carbonyl (C=O) groups is 4. The van der Waals surface area contributed by atoms with Crippen molar-refractivity contribution in [1.82, 2.24) is 15.8 Å². The summed E-state index contributed by atoms with van der Waals surface area (Å²) in [6.07, 6.45) is 5.43. The molecule has 0 aromatic heterocycles. The topological polar surface area (TPSA) is 105 Å². The third-order valence-electron chi connectivity index (χ3n) is 7.11. The van der Waals surface area contributed by atoms with E-state index in [1.165, 1.54) is 12.1 Å². The van der Waals surface area contributed by atoms with Crippen molar-refractivity contribution in [2.75, 3.05) is 6.61 Å². The number of benzene rings is 1. The number of amides is 4. The number of nitrogens with zero attached hydrogens (tertiary/aromatic N) is 1. The van der Waals surface area contributed by atoms with Gasteiger partial charge in [-0.3, -0.25) is 19.8 Å². The average molecular weight is 445 g/mol. The van der Waals surface area contributed by atoms with Crippen LogP contribution in [-0.4, -0.2) is 41.0 Å². The van der Waals surface area contributed by atoms with Crippen LogP contribution in [0.2, 0.25) is 0 Å². The highest BCUT2D eigenvalue weighted by atomic mass is 19.1. The highest BCUT2D eigenvalue weighted by molar-refractivity contribution is 6.08. The summed E-state index contributed by atoms with van der Waals surface area (Å²) in [6.45, 7) is 1.48. The quantitative estimate of drug-likeness (QED) is 0.536. The van der Waals surface area contributed by atoms with Gasteiger partial charge in [0.05, 0.1) is 5.41 Å². The number of urea groups is 1. The van der Waals surface area contributed by atoms with Crippen LogP contribution in [0.1, 0.15) is 63.9 Å². The molecule has 1 heterocycles. The van der Waals surface area contributed by atoms with Crippen molar-refractivity contribution in [1.29, 1.82) is 0 Å². The summed E-state index contributed by atoms with van der Waals surface area (Å²) in [5.74, 6) is -1.72. The lowest BCUT2D eigenvalue weighted by molar-refractivity contribution is -0.155. The summed E-state index contributed by atoms with van der Waals surface area (Å²) in [6, 6.07) is 5.06. The molecule has 0 radical (unpaired) electrons. The first-order valence-corrected chi connectivity index (χ1v) is 11.2. The summed E-state index contributed by atoms with van der Waals surface area (Å²) in [7, 11) is 0. The molecular formula is C23H28FN3O5. The van der Waals surface area contributed by atoms with E-state index in [2.05, 4.69) is 17.7 Å². The number of carbonyl (C=O) groups excluding carboxylic acids is 4. The standard InChI is InChI=1S/C23H28FN3O5/c1-15-8-12-23(13-9-15)19(29)27(21(31)25-23)26-18(28)14-32-20(30)22(10-2-3-11-22)16-4-6-17(24)7-5-16/h4-7,15H,2-3,8-14H2,1H3,(H,25,31)(H,26,28). The molecule has 4 amide bonds. The highest BCUT2D eigenvalue weighted by Gasteiger charge is 2.53. The molecule has 0 atom stereocenters. The van der Waals surface area contributed by atoms with Gasteiger partial charge in [0.1, 0.15) is 11.4 Å². The molecule has 4 rings (SSSR count). The van der Waals surface area contributed by atoms with Crippen LogP contribution in [0.4, 0.5) is 9.18 Å². The second-order valence-corrected chi connectivity index (χ2v) is 9.24. The minimum atomic E-state index is -0.968. The second kappa shape index (κ2) is 8.52. The zero-order valence-electron chi connectivity index (χ0n) is 18.1. The minimum Gasteiger partial charge on any atom is -0.455 e. The number of hydrazine groups is 1. The molecule has 8 nitrogen and oxygen atoms in total. The molecule has 1 aromatic carbocycles. The van der Waals surface area contributed by atoms with E-state index in [1.54, 1.807) is 12.1 Å². The largest absolute Gasteiger partial charge is 0.455 e. The maximum Gasteiger partial charge on any atom is 0.344 e. The van der Waals surface area contributed by atoms with E-state index in [0.717, 1.165) is 25.7 Å². The fourth-order valence-electron chi connectivity index (χ4n) is 5.10. The van der Waals surface area contributed by atoms with Crippen LogP contribution in [0.25, 0.3) is 0 Å². The van der Waals surface area contributed by atoms with Gasteiger partial charge < -0.3 is 10.1 Å². The van der Waals surface area contributed by atoms with Crippen molar-refractivity contribution in [3.05, 3.63) is 35.6 Å². The van der Waals surface area contributed by atoms with Gasteiger partial charge >= 0.3 is 12.0 Å². The Morgan fingerprint density at radius 3 is 2.38 bits per heavy atom. The first-order chi connectivity index (χ1) is 15.3. The molecule has 1 saturated heterocycles. The van der Waals surface area contributed by atoms with Crippen molar-refractivity contribution in [3.63, 3.8) is 0 Å². The molecule has 2 saturated carbocycles. The molecule has 0 unspecified atom stereocenters. The average Bonchev–Trinajstić information content (AvgIpc) is 3.36. The lowest BCUT2D eigenvalue weighted by Crippen LogP contribution is -2.52. The molecule has 0 bridgehead atoms. The number of esters is 1. The number of nitrogens with one attached hydrogen (secondary N) is 2. The smallest absolute Gasteiger partial charge is 0.344 e. The molecule has 2 N–H and O–H groups in total. The highest BCUT2D eigenvalue weighted by Crippen LogP contribution is 2.42. The van der Waals surface area contributed by atoms with Crippen molar-refractivity contribution >= 4 is 23.8 Å². The van der Waals surface area contributed by atoms with Gasteiger partial charge in [0.15, 0.2) is 6.61 Å². The monoisotopic (exact) mass is 445 g/mol. The Kier molecular flexibility index (Phi) is 5.92. The maximum absolute atomic E-state index is 13.3. The lowest BCUT2D eigenvalue weighted by atomic mass is 9.77. The van der Waals surface area contributed by atoms with Crippen molar-refractivity contribution in [2.24, 2.45) is 5.92 Å². The van der Waals surface area contributed by atoms with Crippen molar-refractivity contribution < 1.29 is 28.3 Å². The molecule has 3 aliphatic rings. The van der Waals surface area contributed by atoms with Crippen LogP contribution in [0.3, 0.4) is 0 Å². The van der Waals surface area contributed by atoms with Crippen LogP contribution >= 0.6 is 0 Å². The van der Waals surface area contributed by atoms with E-state index < -0.39 is 47.2 Å². The van der Waals surface area contributed by atoms with Crippen LogP contribution in [-0.2, 0) is 24.5 Å². The summed E-state index contributed by atoms with van der Waals surface area (Å²) < 4.78 is 18.6. The van der Waals surface area contributed by atoms with Gasteiger partial charge in [-0.05, 0) is 62.1 Å². The van der Waals surface area contributed by atoms with Crippen LogP contribution < -0.4 is 10.7 Å². The number of hydrogen-bond acceptors (Lipinski definition) is 5. The van der Waals surface area contributed by atoms with E-state index in [0.29, 0.717) is 42.2 Å². The maximum atomic E-state index is 13.3. The first-order valence-electron chi connectivity index (χ1n) is 11.2. The van der Waals surface area contributed by atoms with E-state index in [4.69, 9.17) is 4.74 Å². The fraction of sp³-hybridized carbons (Fsp3) is 0.565. The van der Waals surface area contributed by atoms with Crippen molar-refractivity contribution in [3.8, 4) is 0 Å². The predicted octanol–water partition coefficient (Wildman–Crippen LogP) is 2.71. The first kappa shape index (κ1) is 22.2. The second-order valence-electron chi connectivity index (χ2n) is 9.24. The molecule has 1 spiro atoms. The van der Waals surface area contributed by atoms with Gasteiger partial charge in [-0.15, -0.1) is 0 Å². The third-order valence-corrected chi connectivity index (χ3v) is 7.11. The molecule has 3 fully saturated rings. The number of rotatable bonds is 5. The molecule has 1 aliphatic heterocycles. The summed E-state index contributed by atoms with van der Waals surface area (Å²) in [5.41, 5.74) is 1.04. The number of halogens is 1. The fourth-order valence-corrected chi connectivity index (χ4v) is 5.10. The molecule has 172 valence electrons. The van der Waals surface area contributed by atoms with Crippen LogP contribution in [0.5, 0.6) is 0 Å². The zero-order chi connectivity index (χ0) is 22.9. The van der Waals surface area contributed by atoms with E-state index >= 15 is 0 Å². The number of imide groups is 1. The SMILES string of the molecule is CC1CCC2(CC1)NC(=O)N(NC(=O)COC(=O)C1(c3ccc(F)cc3)CCCC1)C2=O. The molecular weight excluding hydrogens is 417 g/mol. The zero-order valence-corrected chi connectivity index (χ0v) is 18.1. The van der Waals surface area contributed by atoms with Gasteiger partial charge in [0.25, 0.3) is 11.8 Å². The molecule has 32 heavy (non-hydrogen) atoms. The Labute approximate surface area is 185 Å². The normalized spacial score (nSPS) is 26.8. The summed E-state index contributed by atoms with van der Waals surface area (Å²) in [4.78, 5) is 50.5. The van der Waals surface area contributed by atoms with Crippen LogP contribution in [0, 0.1) is 11.7 Å². The van der Waals surface area contributed by atoms with Gasteiger partial charge in [-0.2, -0.15) is 5.01 Å².